The van der Waals surface area contributed by atoms with E-state index in [4.69, 9.17) is 4.74 Å². The van der Waals surface area contributed by atoms with Gasteiger partial charge in [0.1, 0.15) is 11.7 Å². The van der Waals surface area contributed by atoms with E-state index in [1.54, 1.807) is 31.2 Å². The van der Waals surface area contributed by atoms with E-state index in [0.717, 1.165) is 0 Å². The van der Waals surface area contributed by atoms with Crippen LogP contribution in [0.1, 0.15) is 35.8 Å². The van der Waals surface area contributed by atoms with Gasteiger partial charge in [-0.3, -0.25) is 14.4 Å². The van der Waals surface area contributed by atoms with Crippen LogP contribution < -0.4 is 5.32 Å². The normalized spacial score (nSPS) is 18.4. The van der Waals surface area contributed by atoms with Gasteiger partial charge >= 0.3 is 5.97 Å². The second-order valence-electron chi connectivity index (χ2n) is 4.38. The monoisotopic (exact) mass is 261 g/mol. The first-order valence-corrected chi connectivity index (χ1v) is 6.13. The molecule has 2 unspecified atom stereocenters. The largest absolute Gasteiger partial charge is 0.465 e. The van der Waals surface area contributed by atoms with Crippen molar-refractivity contribution < 1.29 is 19.1 Å². The summed E-state index contributed by atoms with van der Waals surface area (Å²) in [6, 6.07) is 6.29. The summed E-state index contributed by atoms with van der Waals surface area (Å²) in [5, 5.41) is 2.68. The summed E-state index contributed by atoms with van der Waals surface area (Å²) < 4.78 is 4.92. The molecule has 0 spiro atoms. The minimum atomic E-state index is -0.993. The molecular formula is C14H15NO4. The van der Waals surface area contributed by atoms with Crippen molar-refractivity contribution in [2.75, 3.05) is 6.61 Å². The van der Waals surface area contributed by atoms with Crippen LogP contribution in [0, 0.1) is 5.92 Å². The van der Waals surface area contributed by atoms with Crippen molar-refractivity contribution in [1.82, 2.24) is 5.32 Å². The maximum Gasteiger partial charge on any atom is 0.318 e. The lowest BCUT2D eigenvalue weighted by Gasteiger charge is -2.20. The number of Topliss-reactive ketones (excluding diaryl/α,β-unsaturated/α-hetero) is 1. The Morgan fingerprint density at radius 3 is 2.68 bits per heavy atom. The molecule has 0 saturated carbocycles. The highest BCUT2D eigenvalue weighted by Crippen LogP contribution is 2.32. The molecule has 5 heteroatoms. The summed E-state index contributed by atoms with van der Waals surface area (Å²) in [7, 11) is 0. The van der Waals surface area contributed by atoms with Crippen LogP contribution >= 0.6 is 0 Å². The van der Waals surface area contributed by atoms with Gasteiger partial charge in [0.05, 0.1) is 12.6 Å². The van der Waals surface area contributed by atoms with Crippen LogP contribution in [0.25, 0.3) is 0 Å². The molecule has 0 fully saturated rings. The third-order valence-electron chi connectivity index (χ3n) is 3.14. The number of esters is 1. The number of rotatable bonds is 4. The Morgan fingerprint density at radius 2 is 2.05 bits per heavy atom. The maximum atomic E-state index is 11.9. The van der Waals surface area contributed by atoms with Crippen LogP contribution in [0.5, 0.6) is 0 Å². The molecule has 100 valence electrons. The van der Waals surface area contributed by atoms with Crippen molar-refractivity contribution in [3.8, 4) is 0 Å². The molecule has 0 aliphatic carbocycles. The predicted molar refractivity (Wildman–Crippen MR) is 67.5 cm³/mol. The highest BCUT2D eigenvalue weighted by Gasteiger charge is 2.41. The number of amides is 1. The highest BCUT2D eigenvalue weighted by atomic mass is 16.5. The quantitative estimate of drug-likeness (QED) is 0.653. The number of nitrogens with one attached hydrogen (secondary N) is 1. The molecule has 19 heavy (non-hydrogen) atoms. The minimum absolute atomic E-state index is 0.199. The molecule has 1 aliphatic heterocycles. The Bertz CT molecular complexity index is 538. The summed E-state index contributed by atoms with van der Waals surface area (Å²) in [6.45, 7) is 3.20. The van der Waals surface area contributed by atoms with E-state index in [1.165, 1.54) is 6.92 Å². The zero-order valence-corrected chi connectivity index (χ0v) is 10.8. The fourth-order valence-corrected chi connectivity index (χ4v) is 2.30. The van der Waals surface area contributed by atoms with E-state index in [1.807, 2.05) is 0 Å². The smallest absolute Gasteiger partial charge is 0.318 e. The average Bonchev–Trinajstić information content (AvgIpc) is 2.68. The second-order valence-corrected chi connectivity index (χ2v) is 4.38. The number of carbonyl (C=O) groups is 3. The Hall–Kier alpha value is -2.17. The number of ketones is 1. The van der Waals surface area contributed by atoms with Crippen molar-refractivity contribution in [2.45, 2.75) is 19.9 Å². The summed E-state index contributed by atoms with van der Waals surface area (Å²) in [5.41, 5.74) is 1.17. The Labute approximate surface area is 110 Å². The van der Waals surface area contributed by atoms with Crippen molar-refractivity contribution >= 4 is 17.7 Å². The highest BCUT2D eigenvalue weighted by molar-refractivity contribution is 6.04. The van der Waals surface area contributed by atoms with Gasteiger partial charge in [-0.15, -0.1) is 0 Å². The molecule has 1 heterocycles. The van der Waals surface area contributed by atoms with Gasteiger partial charge in [0.15, 0.2) is 0 Å². The second kappa shape index (κ2) is 5.22. The van der Waals surface area contributed by atoms with Gasteiger partial charge in [0.2, 0.25) is 0 Å². The van der Waals surface area contributed by atoms with E-state index in [2.05, 4.69) is 5.32 Å². The molecule has 1 amide bonds. The van der Waals surface area contributed by atoms with Crippen molar-refractivity contribution in [2.24, 2.45) is 5.92 Å². The van der Waals surface area contributed by atoms with Crippen molar-refractivity contribution in [3.05, 3.63) is 35.4 Å². The lowest BCUT2D eigenvalue weighted by molar-refractivity contribution is -0.152. The fourth-order valence-electron chi connectivity index (χ4n) is 2.30. The van der Waals surface area contributed by atoms with Crippen LogP contribution in [0.2, 0.25) is 0 Å². The maximum absolute atomic E-state index is 11.9. The summed E-state index contributed by atoms with van der Waals surface area (Å²) in [6.07, 6.45) is 0. The molecular weight excluding hydrogens is 246 g/mol. The van der Waals surface area contributed by atoms with E-state index in [-0.39, 0.29) is 18.3 Å². The third kappa shape index (κ3) is 2.36. The lowest BCUT2D eigenvalue weighted by atomic mass is 9.90. The molecule has 0 radical (unpaired) electrons. The van der Waals surface area contributed by atoms with Gasteiger partial charge < -0.3 is 10.1 Å². The molecule has 0 saturated heterocycles. The summed E-state index contributed by atoms with van der Waals surface area (Å²) in [4.78, 5) is 35.4. The number of hydrogen-bond donors (Lipinski definition) is 1. The zero-order chi connectivity index (χ0) is 14.0. The standard InChI is InChI=1S/C14H15NO4/c1-3-19-14(18)11(8(2)16)12-9-6-4-5-7-10(9)13(17)15-12/h4-7,11-12H,3H2,1-2H3,(H,15,17). The molecule has 2 atom stereocenters. The molecule has 2 rings (SSSR count). The van der Waals surface area contributed by atoms with E-state index in [9.17, 15) is 14.4 Å². The van der Waals surface area contributed by atoms with Crippen LogP contribution in [0.15, 0.2) is 24.3 Å². The van der Waals surface area contributed by atoms with Gasteiger partial charge in [-0.1, -0.05) is 18.2 Å². The van der Waals surface area contributed by atoms with Gasteiger partial charge in [0, 0.05) is 5.56 Å². The molecule has 1 N–H and O–H groups in total. The van der Waals surface area contributed by atoms with Crippen LogP contribution in [0.4, 0.5) is 0 Å². The van der Waals surface area contributed by atoms with Gasteiger partial charge in [0.25, 0.3) is 5.91 Å². The Kier molecular flexibility index (Phi) is 3.64. The fraction of sp³-hybridized carbons (Fsp3) is 0.357. The number of ether oxygens (including phenoxy) is 1. The number of benzene rings is 1. The lowest BCUT2D eigenvalue weighted by Crippen LogP contribution is -2.36. The number of fused-ring (bicyclic) bond motifs is 1. The first-order chi connectivity index (χ1) is 9.06. The minimum Gasteiger partial charge on any atom is -0.465 e. The molecule has 0 aromatic heterocycles. The third-order valence-corrected chi connectivity index (χ3v) is 3.14. The topological polar surface area (TPSA) is 72.5 Å². The van der Waals surface area contributed by atoms with Gasteiger partial charge in [-0.25, -0.2) is 0 Å². The van der Waals surface area contributed by atoms with Crippen LogP contribution in [0.3, 0.4) is 0 Å². The molecule has 1 aromatic rings. The van der Waals surface area contributed by atoms with Crippen LogP contribution in [-0.4, -0.2) is 24.3 Å². The Morgan fingerprint density at radius 1 is 1.37 bits per heavy atom. The predicted octanol–water partition coefficient (Wildman–Crippen LogP) is 1.24. The van der Waals surface area contributed by atoms with E-state index < -0.39 is 17.9 Å². The van der Waals surface area contributed by atoms with Crippen molar-refractivity contribution in [3.63, 3.8) is 0 Å². The number of hydrogen-bond acceptors (Lipinski definition) is 4. The Balaban J connectivity index is 2.37. The van der Waals surface area contributed by atoms with Crippen LogP contribution in [-0.2, 0) is 14.3 Å². The SMILES string of the molecule is CCOC(=O)C(C(C)=O)C1NC(=O)c2ccccc21. The van der Waals surface area contributed by atoms with E-state index in [0.29, 0.717) is 11.1 Å². The molecule has 1 aliphatic rings. The van der Waals surface area contributed by atoms with Crippen molar-refractivity contribution in [1.29, 1.82) is 0 Å². The molecule has 1 aromatic carbocycles. The summed E-state index contributed by atoms with van der Waals surface area (Å²) in [5.74, 6) is -2.18. The van der Waals surface area contributed by atoms with Gasteiger partial charge in [-0.2, -0.15) is 0 Å². The first-order valence-electron chi connectivity index (χ1n) is 6.13. The molecule has 5 nitrogen and oxygen atoms in total. The average molecular weight is 261 g/mol. The molecule has 0 bridgehead atoms. The zero-order valence-electron chi connectivity index (χ0n) is 10.8. The van der Waals surface area contributed by atoms with E-state index >= 15 is 0 Å². The summed E-state index contributed by atoms with van der Waals surface area (Å²) >= 11 is 0. The van der Waals surface area contributed by atoms with Gasteiger partial charge in [-0.05, 0) is 25.5 Å². The first kappa shape index (κ1) is 13.3. The number of carbonyl (C=O) groups excluding carboxylic acids is 3.